The van der Waals surface area contributed by atoms with Crippen LogP contribution in [0, 0.1) is 6.92 Å². The summed E-state index contributed by atoms with van der Waals surface area (Å²) in [6, 6.07) is 7.93. The molecule has 0 aromatic heterocycles. The summed E-state index contributed by atoms with van der Waals surface area (Å²) in [4.78, 5) is 26.3. The molecule has 1 aromatic rings. The minimum absolute atomic E-state index is 0.0468. The van der Waals surface area contributed by atoms with Crippen molar-refractivity contribution in [3.8, 4) is 0 Å². The van der Waals surface area contributed by atoms with Crippen molar-refractivity contribution in [3.63, 3.8) is 0 Å². The van der Waals surface area contributed by atoms with Crippen molar-refractivity contribution < 1.29 is 9.59 Å². The number of hydrogen-bond donors (Lipinski definition) is 2. The van der Waals surface area contributed by atoms with Gasteiger partial charge in [-0.25, -0.2) is 0 Å². The molecule has 5 heteroatoms. The number of hydrogen-bond acceptors (Lipinski definition) is 3. The second-order valence-electron chi connectivity index (χ2n) is 6.17. The zero-order valence-corrected chi connectivity index (χ0v) is 14.1. The van der Waals surface area contributed by atoms with Crippen LogP contribution in [0.15, 0.2) is 24.3 Å². The molecule has 1 saturated heterocycles. The number of aryl methyl sites for hydroxylation is 1. The summed E-state index contributed by atoms with van der Waals surface area (Å²) in [6.07, 6.45) is 2.24. The Labute approximate surface area is 138 Å². The smallest absolute Gasteiger partial charge is 0.237 e. The third kappa shape index (κ3) is 5.36. The number of rotatable bonds is 7. The Hall–Kier alpha value is -1.88. The molecule has 2 N–H and O–H groups in total. The van der Waals surface area contributed by atoms with E-state index in [9.17, 15) is 9.59 Å². The summed E-state index contributed by atoms with van der Waals surface area (Å²) in [5.74, 6) is -0.0941. The number of benzene rings is 1. The van der Waals surface area contributed by atoms with Crippen LogP contribution in [0.2, 0.25) is 0 Å². The highest BCUT2D eigenvalue weighted by Gasteiger charge is 2.31. The molecular formula is C18H27N3O2. The summed E-state index contributed by atoms with van der Waals surface area (Å²) in [5.41, 5.74) is 2.39. The van der Waals surface area contributed by atoms with E-state index < -0.39 is 0 Å². The van der Waals surface area contributed by atoms with Gasteiger partial charge in [-0.1, -0.05) is 43.2 Å². The van der Waals surface area contributed by atoms with E-state index in [1.165, 1.54) is 11.1 Å². The molecule has 0 spiro atoms. The van der Waals surface area contributed by atoms with E-state index in [-0.39, 0.29) is 24.3 Å². The van der Waals surface area contributed by atoms with Crippen molar-refractivity contribution in [2.24, 2.45) is 0 Å². The van der Waals surface area contributed by atoms with Gasteiger partial charge in [-0.15, -0.1) is 0 Å². The van der Waals surface area contributed by atoms with Crippen LogP contribution in [0.4, 0.5) is 0 Å². The van der Waals surface area contributed by atoms with E-state index in [4.69, 9.17) is 0 Å². The highest BCUT2D eigenvalue weighted by Crippen LogP contribution is 2.14. The van der Waals surface area contributed by atoms with Gasteiger partial charge in [0.1, 0.15) is 0 Å². The molecule has 2 amide bonds. The van der Waals surface area contributed by atoms with Gasteiger partial charge in [-0.05, 0) is 18.9 Å². The van der Waals surface area contributed by atoms with Gasteiger partial charge in [0.25, 0.3) is 0 Å². The number of unbranched alkanes of at least 4 members (excludes halogenated alkanes) is 1. The van der Waals surface area contributed by atoms with Crippen LogP contribution >= 0.6 is 0 Å². The predicted octanol–water partition coefficient (Wildman–Crippen LogP) is 1.60. The summed E-state index contributed by atoms with van der Waals surface area (Å²) < 4.78 is 0. The molecule has 1 aliphatic heterocycles. The largest absolute Gasteiger partial charge is 0.356 e. The van der Waals surface area contributed by atoms with Crippen molar-refractivity contribution in [1.29, 1.82) is 0 Å². The maximum atomic E-state index is 12.2. The lowest BCUT2D eigenvalue weighted by molar-refractivity contribution is -0.134. The zero-order chi connectivity index (χ0) is 16.7. The lowest BCUT2D eigenvalue weighted by Gasteiger charge is -2.34. The first-order chi connectivity index (χ1) is 11.1. The van der Waals surface area contributed by atoms with Crippen LogP contribution in [0.25, 0.3) is 0 Å². The molecule has 0 bridgehead atoms. The Bertz CT molecular complexity index is 528. The minimum atomic E-state index is -0.383. The minimum Gasteiger partial charge on any atom is -0.356 e. The quantitative estimate of drug-likeness (QED) is 0.751. The van der Waals surface area contributed by atoms with Crippen LogP contribution in [-0.4, -0.2) is 42.4 Å². The molecule has 1 aromatic carbocycles. The highest BCUT2D eigenvalue weighted by molar-refractivity contribution is 5.88. The molecule has 23 heavy (non-hydrogen) atoms. The lowest BCUT2D eigenvalue weighted by Crippen LogP contribution is -2.56. The zero-order valence-electron chi connectivity index (χ0n) is 14.1. The molecule has 1 fully saturated rings. The fourth-order valence-corrected chi connectivity index (χ4v) is 2.75. The Morgan fingerprint density at radius 3 is 2.78 bits per heavy atom. The molecular weight excluding hydrogens is 290 g/mol. The Morgan fingerprint density at radius 1 is 1.35 bits per heavy atom. The number of piperazine rings is 1. The second-order valence-corrected chi connectivity index (χ2v) is 6.17. The normalized spacial score (nSPS) is 18.5. The van der Waals surface area contributed by atoms with Crippen molar-refractivity contribution in [3.05, 3.63) is 35.4 Å². The van der Waals surface area contributed by atoms with Gasteiger partial charge in [0.15, 0.2) is 0 Å². The first-order valence-corrected chi connectivity index (χ1v) is 8.44. The molecule has 5 nitrogen and oxygen atoms in total. The van der Waals surface area contributed by atoms with Gasteiger partial charge in [-0.3, -0.25) is 14.5 Å². The van der Waals surface area contributed by atoms with Gasteiger partial charge in [0.2, 0.25) is 11.8 Å². The van der Waals surface area contributed by atoms with Crippen LogP contribution in [0.5, 0.6) is 0 Å². The van der Waals surface area contributed by atoms with Gasteiger partial charge < -0.3 is 10.6 Å². The fourth-order valence-electron chi connectivity index (χ4n) is 2.75. The number of amides is 2. The maximum absolute atomic E-state index is 12.2. The third-order valence-electron chi connectivity index (χ3n) is 4.18. The molecule has 1 unspecified atom stereocenters. The molecule has 1 atom stereocenters. The highest BCUT2D eigenvalue weighted by atomic mass is 16.2. The van der Waals surface area contributed by atoms with Crippen molar-refractivity contribution in [1.82, 2.24) is 15.5 Å². The molecule has 1 heterocycles. The summed E-state index contributed by atoms with van der Waals surface area (Å²) in [5, 5.41) is 5.77. The molecule has 2 rings (SSSR count). The first-order valence-electron chi connectivity index (χ1n) is 8.44. The van der Waals surface area contributed by atoms with Crippen LogP contribution in [0.1, 0.15) is 37.3 Å². The van der Waals surface area contributed by atoms with Crippen LogP contribution in [-0.2, 0) is 16.1 Å². The number of carbonyl (C=O) groups is 2. The van der Waals surface area contributed by atoms with E-state index in [0.29, 0.717) is 19.6 Å². The van der Waals surface area contributed by atoms with Gasteiger partial charge in [-0.2, -0.15) is 0 Å². The second kappa shape index (κ2) is 8.67. The van der Waals surface area contributed by atoms with E-state index in [1.54, 1.807) is 0 Å². The van der Waals surface area contributed by atoms with E-state index in [1.807, 2.05) is 0 Å². The standard InChI is InChI=1S/C18H27N3O2/c1-3-4-9-19-17(22)12-16-18(23)20-10-11-21(16)13-15-7-5-14(2)6-8-15/h5-8,16H,3-4,9-13H2,1-2H3,(H,19,22)(H,20,23). The number of nitrogens with one attached hydrogen (secondary N) is 2. The van der Waals surface area contributed by atoms with Crippen molar-refractivity contribution >= 4 is 11.8 Å². The molecule has 126 valence electrons. The average Bonchev–Trinajstić information content (AvgIpc) is 2.53. The Balaban J connectivity index is 1.96. The molecule has 1 aliphatic rings. The predicted molar refractivity (Wildman–Crippen MR) is 90.9 cm³/mol. The van der Waals surface area contributed by atoms with Crippen LogP contribution in [0.3, 0.4) is 0 Å². The third-order valence-corrected chi connectivity index (χ3v) is 4.18. The van der Waals surface area contributed by atoms with Gasteiger partial charge in [0.05, 0.1) is 12.5 Å². The Kier molecular flexibility index (Phi) is 6.59. The summed E-state index contributed by atoms with van der Waals surface area (Å²) in [6.45, 7) is 6.93. The van der Waals surface area contributed by atoms with E-state index >= 15 is 0 Å². The van der Waals surface area contributed by atoms with Gasteiger partial charge in [0, 0.05) is 26.2 Å². The van der Waals surface area contributed by atoms with Crippen molar-refractivity contribution in [2.45, 2.75) is 45.7 Å². The summed E-state index contributed by atoms with van der Waals surface area (Å²) >= 11 is 0. The number of carbonyl (C=O) groups excluding carboxylic acids is 2. The molecule has 0 aliphatic carbocycles. The summed E-state index contributed by atoms with van der Waals surface area (Å²) in [7, 11) is 0. The maximum Gasteiger partial charge on any atom is 0.237 e. The average molecular weight is 317 g/mol. The molecule has 0 radical (unpaired) electrons. The van der Waals surface area contributed by atoms with E-state index in [2.05, 4.69) is 53.6 Å². The Morgan fingerprint density at radius 2 is 2.09 bits per heavy atom. The van der Waals surface area contributed by atoms with Gasteiger partial charge >= 0.3 is 0 Å². The van der Waals surface area contributed by atoms with Crippen molar-refractivity contribution in [2.75, 3.05) is 19.6 Å². The SMILES string of the molecule is CCCCNC(=O)CC1C(=O)NCCN1Cc1ccc(C)cc1. The monoisotopic (exact) mass is 317 g/mol. The van der Waals surface area contributed by atoms with Crippen LogP contribution < -0.4 is 10.6 Å². The lowest BCUT2D eigenvalue weighted by atomic mass is 10.1. The number of nitrogens with zero attached hydrogens (tertiary/aromatic N) is 1. The topological polar surface area (TPSA) is 61.4 Å². The fraction of sp³-hybridized carbons (Fsp3) is 0.556. The first kappa shape index (κ1) is 17.5. The molecule has 0 saturated carbocycles. The van der Waals surface area contributed by atoms with E-state index in [0.717, 1.165) is 19.4 Å².